The van der Waals surface area contributed by atoms with Crippen LogP contribution in [0.15, 0.2) is 39.0 Å². The van der Waals surface area contributed by atoms with Gasteiger partial charge < -0.3 is 23.8 Å². The number of ether oxygens (including phenoxy) is 4. The highest BCUT2D eigenvalue weighted by Crippen LogP contribution is 2.57. The lowest BCUT2D eigenvalue weighted by molar-refractivity contribution is -0.115. The van der Waals surface area contributed by atoms with Crippen LogP contribution in [-0.4, -0.2) is 38.8 Å². The number of hydrogen-bond donors (Lipinski definition) is 1. The smallest absolute Gasteiger partial charge is 0.289 e. The molecule has 1 amide bonds. The normalized spacial score (nSPS) is 19.0. The number of carbonyl (C=O) groups excluding carboxylic acids is 1. The topological polar surface area (TPSA) is 100.0 Å². The summed E-state index contributed by atoms with van der Waals surface area (Å²) in [6.45, 7) is 1.83. The van der Waals surface area contributed by atoms with Crippen LogP contribution in [-0.2, 0) is 9.63 Å². The van der Waals surface area contributed by atoms with E-state index in [0.29, 0.717) is 38.6 Å². The summed E-state index contributed by atoms with van der Waals surface area (Å²) in [5.74, 6) is 0.273. The Bertz CT molecular complexity index is 1110. The number of nitrogens with zero attached hydrogens (tertiary/aromatic N) is 2. The third-order valence-electron chi connectivity index (χ3n) is 5.03. The maximum Gasteiger partial charge on any atom is 0.289 e. The summed E-state index contributed by atoms with van der Waals surface area (Å²) >= 11 is 3.53. The molecule has 4 rings (SSSR count). The highest BCUT2D eigenvalue weighted by molar-refractivity contribution is 9.10. The fourth-order valence-corrected chi connectivity index (χ4v) is 4.15. The summed E-state index contributed by atoms with van der Waals surface area (Å²) in [5, 5.41) is 7.87. The molecule has 2 aromatic carbocycles. The van der Waals surface area contributed by atoms with E-state index in [9.17, 15) is 9.18 Å². The van der Waals surface area contributed by atoms with Crippen molar-refractivity contribution in [1.82, 2.24) is 5.43 Å². The maximum atomic E-state index is 13.0. The van der Waals surface area contributed by atoms with Gasteiger partial charge in [0.15, 0.2) is 23.3 Å². The molecule has 0 radical (unpaired) electrons. The number of benzene rings is 2. The number of carbonyl (C=O) groups is 1. The van der Waals surface area contributed by atoms with Crippen LogP contribution >= 0.6 is 15.9 Å². The molecule has 0 fully saturated rings. The quantitative estimate of drug-likeness (QED) is 0.474. The molecular formula is C21H19BrFN3O6. The van der Waals surface area contributed by atoms with Gasteiger partial charge in [0.05, 0.1) is 36.4 Å². The summed E-state index contributed by atoms with van der Waals surface area (Å²) in [7, 11) is 2.99. The van der Waals surface area contributed by atoms with Crippen LogP contribution in [0, 0.1) is 11.7 Å². The number of oxime groups is 1. The van der Waals surface area contributed by atoms with Crippen molar-refractivity contribution in [2.24, 2.45) is 16.2 Å². The van der Waals surface area contributed by atoms with Crippen molar-refractivity contribution in [3.8, 4) is 23.0 Å². The monoisotopic (exact) mass is 507 g/mol. The molecule has 0 saturated heterocycles. The number of nitrogens with one attached hydrogen (secondary N) is 1. The van der Waals surface area contributed by atoms with Gasteiger partial charge in [0.2, 0.25) is 18.3 Å². The van der Waals surface area contributed by atoms with Crippen LogP contribution in [0.1, 0.15) is 24.2 Å². The highest BCUT2D eigenvalue weighted by Gasteiger charge is 2.42. The average molecular weight is 508 g/mol. The number of rotatable bonds is 6. The van der Waals surface area contributed by atoms with E-state index < -0.39 is 17.9 Å². The third kappa shape index (κ3) is 3.83. The van der Waals surface area contributed by atoms with Crippen molar-refractivity contribution in [1.29, 1.82) is 0 Å². The number of hydrogen-bond acceptors (Lipinski definition) is 8. The highest BCUT2D eigenvalue weighted by atomic mass is 79.9. The minimum Gasteiger partial charge on any atom is -0.492 e. The predicted molar refractivity (Wildman–Crippen MR) is 116 cm³/mol. The zero-order valence-electron chi connectivity index (χ0n) is 17.3. The summed E-state index contributed by atoms with van der Waals surface area (Å²) in [6.07, 6.45) is 0.739. The van der Waals surface area contributed by atoms with Gasteiger partial charge in [0.25, 0.3) is 5.91 Å². The van der Waals surface area contributed by atoms with E-state index in [0.717, 1.165) is 0 Å². The largest absolute Gasteiger partial charge is 0.492 e. The molecule has 168 valence electrons. The van der Waals surface area contributed by atoms with E-state index in [-0.39, 0.29) is 18.3 Å². The molecule has 1 N–H and O–H groups in total. The lowest BCUT2D eigenvalue weighted by Gasteiger charge is -2.22. The first kappa shape index (κ1) is 21.9. The predicted octanol–water partition coefficient (Wildman–Crippen LogP) is 3.55. The van der Waals surface area contributed by atoms with Gasteiger partial charge in [-0.15, -0.1) is 0 Å². The zero-order chi connectivity index (χ0) is 22.8. The minimum atomic E-state index is -0.662. The fourth-order valence-electron chi connectivity index (χ4n) is 3.45. The van der Waals surface area contributed by atoms with Crippen LogP contribution in [0.4, 0.5) is 4.39 Å². The maximum absolute atomic E-state index is 13.0. The Hall–Kier alpha value is -3.34. The molecule has 2 aliphatic rings. The van der Waals surface area contributed by atoms with Crippen molar-refractivity contribution >= 4 is 33.8 Å². The van der Waals surface area contributed by atoms with Gasteiger partial charge >= 0.3 is 0 Å². The second-order valence-corrected chi connectivity index (χ2v) is 7.69. The van der Waals surface area contributed by atoms with E-state index in [1.165, 1.54) is 44.7 Å². The number of halogens is 2. The van der Waals surface area contributed by atoms with Crippen LogP contribution in [0.25, 0.3) is 0 Å². The van der Waals surface area contributed by atoms with Crippen molar-refractivity contribution in [3.05, 3.63) is 45.7 Å². The van der Waals surface area contributed by atoms with Crippen LogP contribution in [0.5, 0.6) is 23.0 Å². The first-order valence-corrected chi connectivity index (χ1v) is 10.3. The van der Waals surface area contributed by atoms with E-state index in [2.05, 4.69) is 31.6 Å². The van der Waals surface area contributed by atoms with Gasteiger partial charge in [-0.3, -0.25) is 4.79 Å². The molecular weight excluding hydrogens is 489 g/mol. The zero-order valence-corrected chi connectivity index (χ0v) is 18.9. The lowest BCUT2D eigenvalue weighted by atomic mass is 9.92. The van der Waals surface area contributed by atoms with Crippen LogP contribution < -0.4 is 24.4 Å². The molecule has 0 aliphatic carbocycles. The van der Waals surface area contributed by atoms with Crippen molar-refractivity contribution in [2.45, 2.75) is 13.0 Å². The first-order chi connectivity index (χ1) is 15.5. The minimum absolute atomic E-state index is 0.0359. The lowest BCUT2D eigenvalue weighted by Crippen LogP contribution is -2.31. The Morgan fingerprint density at radius 3 is 2.59 bits per heavy atom. The molecule has 9 nitrogen and oxygen atoms in total. The summed E-state index contributed by atoms with van der Waals surface area (Å²) in [5.41, 5.74) is 3.76. The average Bonchev–Trinajstić information content (AvgIpc) is 3.42. The van der Waals surface area contributed by atoms with Crippen LogP contribution in [0.2, 0.25) is 0 Å². The number of methoxy groups -OCH3 is 2. The Balaban J connectivity index is 1.55. The first-order valence-electron chi connectivity index (χ1n) is 9.51. The Morgan fingerprint density at radius 1 is 1.22 bits per heavy atom. The number of fused-ring (bicyclic) bond motifs is 1. The van der Waals surface area contributed by atoms with E-state index in [1.54, 1.807) is 6.92 Å². The Labute approximate surface area is 191 Å². The molecule has 2 aromatic rings. The van der Waals surface area contributed by atoms with Gasteiger partial charge in [-0.25, -0.2) is 9.82 Å². The molecule has 2 aliphatic heterocycles. The Morgan fingerprint density at radius 2 is 1.91 bits per heavy atom. The van der Waals surface area contributed by atoms with Gasteiger partial charge in [-0.2, -0.15) is 5.10 Å². The summed E-state index contributed by atoms with van der Waals surface area (Å²) < 4.78 is 35.7. The molecule has 2 heterocycles. The molecule has 0 spiro atoms. The second kappa shape index (κ2) is 9.03. The number of hydrazone groups is 1. The molecule has 0 aromatic heterocycles. The van der Waals surface area contributed by atoms with Gasteiger partial charge in [0.1, 0.15) is 5.82 Å². The molecule has 2 unspecified atom stereocenters. The van der Waals surface area contributed by atoms with Crippen molar-refractivity contribution in [2.75, 3.05) is 21.0 Å². The standard InChI is InChI=1S/C21H19BrFN3O6/c1-10-15(21(27)25-24-8-11-4-6-12(23)7-5-11)26-32-16(10)13-14(22)18-20(31-9-30-18)19(29-3)17(13)28-2/h4-8,10,16H,9H2,1-3H3,(H,25,27). The molecule has 11 heteroatoms. The van der Waals surface area contributed by atoms with Crippen LogP contribution in [0.3, 0.4) is 0 Å². The van der Waals surface area contributed by atoms with Gasteiger partial charge in [-0.05, 0) is 33.6 Å². The molecule has 32 heavy (non-hydrogen) atoms. The molecule has 0 saturated carbocycles. The molecule has 2 atom stereocenters. The van der Waals surface area contributed by atoms with Crippen molar-refractivity contribution < 1.29 is 33.0 Å². The number of amides is 1. The summed E-state index contributed by atoms with van der Waals surface area (Å²) in [6, 6.07) is 5.68. The Kier molecular flexibility index (Phi) is 6.17. The third-order valence-corrected chi connectivity index (χ3v) is 5.82. The fraction of sp³-hybridized carbons (Fsp3) is 0.286. The molecule has 0 bridgehead atoms. The SMILES string of the molecule is COc1c2c(c(Br)c(C3ON=C(C(=O)NN=Cc4ccc(F)cc4)C3C)c1OC)OCO2. The summed E-state index contributed by atoms with van der Waals surface area (Å²) in [4.78, 5) is 18.2. The second-order valence-electron chi connectivity index (χ2n) is 6.90. The van der Waals surface area contributed by atoms with Gasteiger partial charge in [0, 0.05) is 0 Å². The van der Waals surface area contributed by atoms with Gasteiger partial charge in [-0.1, -0.05) is 24.2 Å². The van der Waals surface area contributed by atoms with E-state index >= 15 is 0 Å². The van der Waals surface area contributed by atoms with E-state index in [1.807, 2.05) is 0 Å². The van der Waals surface area contributed by atoms with Crippen molar-refractivity contribution in [3.63, 3.8) is 0 Å². The van der Waals surface area contributed by atoms with E-state index in [4.69, 9.17) is 23.8 Å².